The Morgan fingerprint density at radius 1 is 0.452 bits per heavy atom. The van der Waals surface area contributed by atoms with Crippen molar-refractivity contribution < 1.29 is 76.9 Å². The highest BCUT2D eigenvalue weighted by molar-refractivity contribution is 5.14. The smallest absolute Gasteiger partial charge is 0.171 e. The first-order valence-corrected chi connectivity index (χ1v) is 28.5. The maximum Gasteiger partial charge on any atom is 0.171 e. The summed E-state index contributed by atoms with van der Waals surface area (Å²) < 4.78 is 89.0. The molecule has 16 nitrogen and oxygen atoms in total. The monoisotopic (exact) mass is 1020 g/mol. The van der Waals surface area contributed by atoms with Gasteiger partial charge in [0.2, 0.25) is 0 Å². The first-order chi connectivity index (χ1) is 35.3. The third-order valence-electron chi connectivity index (χ3n) is 20.0. The van der Waals surface area contributed by atoms with Gasteiger partial charge in [0.25, 0.3) is 0 Å². The van der Waals surface area contributed by atoms with Crippen LogP contribution < -0.4 is 0 Å². The molecule has 0 aromatic heterocycles. The lowest BCUT2D eigenvalue weighted by atomic mass is 9.76. The average molecular weight is 1020 g/mol. The van der Waals surface area contributed by atoms with Crippen LogP contribution in [0.4, 0.5) is 0 Å². The summed E-state index contributed by atoms with van der Waals surface area (Å²) in [5.41, 5.74) is -0.998. The minimum Gasteiger partial charge on any atom is -0.390 e. The fraction of sp³-hybridized carbons (Fsp3) is 0.860. The van der Waals surface area contributed by atoms with Gasteiger partial charge in [-0.15, -0.1) is 0 Å². The molecule has 73 heavy (non-hydrogen) atoms. The molecule has 13 aliphatic heterocycles. The Balaban J connectivity index is 0.695. The highest BCUT2D eigenvalue weighted by Crippen LogP contribution is 2.52. The average Bonchev–Trinajstić information content (AvgIpc) is 3.55. The van der Waals surface area contributed by atoms with Crippen LogP contribution in [-0.2, 0) is 61.6 Å². The van der Waals surface area contributed by atoms with Crippen LogP contribution in [0.3, 0.4) is 0 Å². The lowest BCUT2D eigenvalue weighted by molar-refractivity contribution is -0.339. The second kappa shape index (κ2) is 20.2. The van der Waals surface area contributed by atoms with E-state index in [1.165, 1.54) is 0 Å². The van der Waals surface area contributed by atoms with Crippen LogP contribution in [0.2, 0.25) is 0 Å². The minimum atomic E-state index is -0.998. The van der Waals surface area contributed by atoms with Crippen molar-refractivity contribution in [3.63, 3.8) is 0 Å². The van der Waals surface area contributed by atoms with Crippen LogP contribution in [0.1, 0.15) is 112 Å². The van der Waals surface area contributed by atoms with E-state index in [0.29, 0.717) is 64.6 Å². The van der Waals surface area contributed by atoms with Crippen molar-refractivity contribution in [1.29, 1.82) is 0 Å². The van der Waals surface area contributed by atoms with Crippen molar-refractivity contribution in [2.45, 2.75) is 270 Å². The fourth-order valence-electron chi connectivity index (χ4n) is 15.6. The molecule has 0 unspecified atom stereocenters. The van der Waals surface area contributed by atoms with Crippen molar-refractivity contribution in [2.75, 3.05) is 13.2 Å². The Bertz CT molecular complexity index is 2080. The van der Waals surface area contributed by atoms with E-state index in [9.17, 15) is 15.3 Å². The molecular weight excluding hydrogens is 941 g/mol. The molecule has 0 aromatic rings. The molecule has 0 radical (unpaired) electrons. The van der Waals surface area contributed by atoms with Crippen molar-refractivity contribution in [1.82, 2.24) is 0 Å². The summed E-state index contributed by atoms with van der Waals surface area (Å²) in [5.74, 6) is -0.458. The summed E-state index contributed by atoms with van der Waals surface area (Å²) >= 11 is 0. The fourth-order valence-corrected chi connectivity index (χ4v) is 15.6. The standard InChI is InChI=1S/C57H82O16/c1-28-22-39-41(25-45-51(70-39)30(3)49(59)55-52(71-45)29(2)31(4)57(73-55)19-11-21-62-57)67-43-27-48-56(5,72-44(43)23-28)47(58)26-42-35(68-48)13-7-6-12-32-33(65-42)15-10-16-34-36(63-32)17-18-37-40(64-34)24-46-54(69-37)50(60)53-38(66-46)14-8-9-20-61-53/h6-10,15,17-18,28-55,58-60H,11-14,16,19-27H2,1-5H3/b7-6-,15-10-/t28-,29+,30-,31+,32-,33+,34-,35+,36+,37-,38+,39+,40+,41-,42-,43+,44-,45+,46-,47-,48-,49+,50-,51+,52-,53+,54-,55+,56+,57+/m1/s1. The first-order valence-electron chi connectivity index (χ1n) is 28.5. The van der Waals surface area contributed by atoms with Gasteiger partial charge >= 0.3 is 0 Å². The molecule has 0 amide bonds. The van der Waals surface area contributed by atoms with Crippen LogP contribution in [0, 0.1) is 23.7 Å². The molecule has 9 fully saturated rings. The summed E-state index contributed by atoms with van der Waals surface area (Å²) in [7, 11) is 0. The van der Waals surface area contributed by atoms with Crippen LogP contribution in [0.5, 0.6) is 0 Å². The van der Waals surface area contributed by atoms with Gasteiger partial charge in [-0.05, 0) is 63.7 Å². The molecule has 3 N–H and O–H groups in total. The molecule has 0 aliphatic carbocycles. The SMILES string of the molecule is C[C@@H]1C[C@@H]2O[C@H]3[C@H](C)[C@H](O)[C@@H]4O[C@@]5(CCCO5)[C@@H](C)[C@H](C)[C@H]4O[C@H]3C[C@H]2O[C@H]2C[C@H]3O[C@H]4C/C=C\C[C@H]5O[C@H]6C=C[C@H]7O[C@H]8[C@H](O)[C@H]9OCC=CC[C@@H]9O[C@@H]8C[C@@H]7O[C@@H]6C/C=C\[C@@H]5O[C@@H]4C[C@@H](O)[C@]3(C)O[C@@H]2C1. The predicted molar refractivity (Wildman–Crippen MR) is 261 cm³/mol. The minimum absolute atomic E-state index is 0.103. The van der Waals surface area contributed by atoms with Gasteiger partial charge in [0.15, 0.2) is 5.79 Å². The molecule has 13 rings (SSSR count). The molecule has 30 atom stereocenters. The van der Waals surface area contributed by atoms with Gasteiger partial charge in [0.1, 0.15) is 48.3 Å². The predicted octanol–water partition coefficient (Wildman–Crippen LogP) is 5.11. The second-order valence-electron chi connectivity index (χ2n) is 24.6. The molecule has 0 aromatic carbocycles. The number of aliphatic hydroxyl groups is 3. The lowest BCUT2D eigenvalue weighted by Crippen LogP contribution is -2.63. The van der Waals surface area contributed by atoms with E-state index < -0.39 is 66.3 Å². The number of hydrogen-bond acceptors (Lipinski definition) is 16. The van der Waals surface area contributed by atoms with Gasteiger partial charge in [0, 0.05) is 43.9 Å². The van der Waals surface area contributed by atoms with Gasteiger partial charge in [-0.3, -0.25) is 0 Å². The molecular formula is C57H82O16. The zero-order chi connectivity index (χ0) is 49.9. The van der Waals surface area contributed by atoms with E-state index >= 15 is 0 Å². The Labute approximate surface area is 430 Å². The van der Waals surface area contributed by atoms with Crippen molar-refractivity contribution in [3.8, 4) is 0 Å². The Morgan fingerprint density at radius 3 is 1.92 bits per heavy atom. The maximum absolute atomic E-state index is 12.4. The summed E-state index contributed by atoms with van der Waals surface area (Å²) in [5, 5.41) is 35.9. The Hall–Kier alpha value is -1.68. The highest BCUT2D eigenvalue weighted by Gasteiger charge is 2.62. The third-order valence-corrected chi connectivity index (χ3v) is 20.0. The van der Waals surface area contributed by atoms with Gasteiger partial charge in [0.05, 0.1) is 117 Å². The Morgan fingerprint density at radius 2 is 1.08 bits per heavy atom. The second-order valence-corrected chi connectivity index (χ2v) is 24.6. The lowest BCUT2D eigenvalue weighted by Gasteiger charge is -2.53. The van der Waals surface area contributed by atoms with E-state index in [1.54, 1.807) is 0 Å². The number of ether oxygens (including phenoxy) is 13. The van der Waals surface area contributed by atoms with Gasteiger partial charge < -0.3 is 76.9 Å². The summed E-state index contributed by atoms with van der Waals surface area (Å²) in [4.78, 5) is 0. The Kier molecular flexibility index (Phi) is 14.1. The summed E-state index contributed by atoms with van der Waals surface area (Å²) in [6, 6.07) is 0. The molecule has 16 heteroatoms. The quantitative estimate of drug-likeness (QED) is 0.273. The van der Waals surface area contributed by atoms with Crippen LogP contribution in [-0.4, -0.2) is 186 Å². The molecule has 13 aliphatic rings. The normalized spacial score (nSPS) is 58.5. The molecule has 9 saturated heterocycles. The molecule has 0 bridgehead atoms. The zero-order valence-corrected chi connectivity index (χ0v) is 43.3. The van der Waals surface area contributed by atoms with Gasteiger partial charge in [-0.1, -0.05) is 76.3 Å². The topological polar surface area (TPSA) is 181 Å². The maximum atomic E-state index is 12.4. The number of fused-ring (bicyclic) bond motifs is 11. The van der Waals surface area contributed by atoms with E-state index in [0.717, 1.165) is 25.7 Å². The summed E-state index contributed by atoms with van der Waals surface area (Å²) in [6.07, 6.45) is 15.0. The molecule has 1 spiro atoms. The zero-order valence-electron chi connectivity index (χ0n) is 43.3. The van der Waals surface area contributed by atoms with E-state index in [4.69, 9.17) is 61.6 Å². The third kappa shape index (κ3) is 9.16. The van der Waals surface area contributed by atoms with E-state index in [-0.39, 0.29) is 115 Å². The van der Waals surface area contributed by atoms with Gasteiger partial charge in [-0.2, -0.15) is 0 Å². The first kappa shape index (κ1) is 50.8. The van der Waals surface area contributed by atoms with Crippen LogP contribution in [0.25, 0.3) is 0 Å². The largest absolute Gasteiger partial charge is 0.390 e. The number of rotatable bonds is 0. The van der Waals surface area contributed by atoms with Crippen molar-refractivity contribution in [2.24, 2.45) is 23.7 Å². The summed E-state index contributed by atoms with van der Waals surface area (Å²) in [6.45, 7) is 11.9. The number of aliphatic hydroxyl groups excluding tert-OH is 3. The molecule has 406 valence electrons. The van der Waals surface area contributed by atoms with Crippen LogP contribution in [0.15, 0.2) is 48.6 Å². The molecule has 13 heterocycles. The van der Waals surface area contributed by atoms with Crippen molar-refractivity contribution >= 4 is 0 Å². The van der Waals surface area contributed by atoms with E-state index in [2.05, 4.69) is 64.2 Å². The van der Waals surface area contributed by atoms with Gasteiger partial charge in [-0.25, -0.2) is 0 Å². The highest BCUT2D eigenvalue weighted by atomic mass is 16.7. The van der Waals surface area contributed by atoms with Crippen LogP contribution >= 0.6 is 0 Å². The van der Waals surface area contributed by atoms with Crippen molar-refractivity contribution in [3.05, 3.63) is 48.6 Å². The van der Waals surface area contributed by atoms with E-state index in [1.807, 2.05) is 19.1 Å². The number of hydrogen-bond donors (Lipinski definition) is 3. The molecule has 0 saturated carbocycles.